The second-order valence-electron chi connectivity index (χ2n) is 4.01. The number of hydrogen-bond donors (Lipinski definition) is 0. The highest BCUT2D eigenvalue weighted by atomic mass is 35.5. The molecule has 0 saturated heterocycles. The molecule has 0 N–H and O–H groups in total. The minimum absolute atomic E-state index is 0.00428. The molecule has 0 heterocycles. The van der Waals surface area contributed by atoms with Gasteiger partial charge in [0.05, 0.1) is 36.5 Å². The normalized spacial score (nSPS) is 10.7. The van der Waals surface area contributed by atoms with Crippen molar-refractivity contribution in [1.82, 2.24) is 0 Å². The predicted molar refractivity (Wildman–Crippen MR) is 83.1 cm³/mol. The average molecular weight is 355 g/mol. The van der Waals surface area contributed by atoms with E-state index in [1.54, 1.807) is 26.4 Å². The first kappa shape index (κ1) is 19.3. The van der Waals surface area contributed by atoms with Gasteiger partial charge in [0.2, 0.25) is 0 Å². The van der Waals surface area contributed by atoms with E-state index < -0.39 is 0 Å². The lowest BCUT2D eigenvalue weighted by molar-refractivity contribution is -0.0206. The molecule has 0 aliphatic carbocycles. The van der Waals surface area contributed by atoms with Crippen molar-refractivity contribution in [2.45, 2.75) is 0 Å². The summed E-state index contributed by atoms with van der Waals surface area (Å²) in [5, 5.41) is 0.735. The summed E-state index contributed by atoms with van der Waals surface area (Å²) in [4.78, 5) is 0. The smallest absolute Gasteiger partial charge is 0.189 e. The van der Waals surface area contributed by atoms with Gasteiger partial charge >= 0.3 is 0 Å². The van der Waals surface area contributed by atoms with Crippen LogP contribution in [0.25, 0.3) is 0 Å². The van der Waals surface area contributed by atoms with E-state index in [1.165, 1.54) is 0 Å². The standard InChI is InChI=1S/C14H20Cl2O6/c1-17-5-7-19-9-21-13-11(15)3-4-12(16)14(13)22-10-20-8-6-18-2/h3-4H,5-10H2,1-2H3. The van der Waals surface area contributed by atoms with Crippen LogP contribution >= 0.6 is 23.2 Å². The Balaban J connectivity index is 2.55. The summed E-state index contributed by atoms with van der Waals surface area (Å²) in [7, 11) is 3.18. The summed E-state index contributed by atoms with van der Waals surface area (Å²) in [6.07, 6.45) is 0. The Morgan fingerprint density at radius 2 is 1.14 bits per heavy atom. The third-order valence-corrected chi connectivity index (χ3v) is 3.05. The molecule has 0 radical (unpaired) electrons. The largest absolute Gasteiger partial charge is 0.462 e. The van der Waals surface area contributed by atoms with Crippen LogP contribution in [0.5, 0.6) is 11.5 Å². The van der Waals surface area contributed by atoms with Gasteiger partial charge in [0.25, 0.3) is 0 Å². The first-order valence-electron chi connectivity index (χ1n) is 6.57. The monoisotopic (exact) mass is 354 g/mol. The van der Waals surface area contributed by atoms with E-state index in [1.807, 2.05) is 0 Å². The second-order valence-corrected chi connectivity index (χ2v) is 4.83. The number of rotatable bonds is 12. The van der Waals surface area contributed by atoms with Gasteiger partial charge in [0.1, 0.15) is 0 Å². The SMILES string of the molecule is COCCOCOc1c(Cl)ccc(Cl)c1OCOCCOC. The van der Waals surface area contributed by atoms with Gasteiger partial charge in [-0.2, -0.15) is 0 Å². The molecule has 0 aliphatic heterocycles. The molecule has 0 bridgehead atoms. The molecule has 22 heavy (non-hydrogen) atoms. The topological polar surface area (TPSA) is 55.4 Å². The lowest BCUT2D eigenvalue weighted by Gasteiger charge is -2.15. The van der Waals surface area contributed by atoms with Gasteiger partial charge in [-0.1, -0.05) is 23.2 Å². The highest BCUT2D eigenvalue weighted by molar-refractivity contribution is 6.35. The maximum Gasteiger partial charge on any atom is 0.189 e. The number of benzene rings is 1. The second kappa shape index (κ2) is 11.8. The van der Waals surface area contributed by atoms with Gasteiger partial charge in [-0.3, -0.25) is 0 Å². The Morgan fingerprint density at radius 3 is 1.50 bits per heavy atom. The maximum atomic E-state index is 6.10. The number of halogens is 2. The van der Waals surface area contributed by atoms with E-state index in [4.69, 9.17) is 51.6 Å². The zero-order chi connectivity index (χ0) is 16.2. The zero-order valence-corrected chi connectivity index (χ0v) is 14.1. The van der Waals surface area contributed by atoms with E-state index in [9.17, 15) is 0 Å². The first-order valence-corrected chi connectivity index (χ1v) is 7.33. The predicted octanol–water partition coefficient (Wildman–Crippen LogP) is 2.99. The highest BCUT2D eigenvalue weighted by Gasteiger charge is 2.15. The summed E-state index contributed by atoms with van der Waals surface area (Å²) in [5.41, 5.74) is 0. The van der Waals surface area contributed by atoms with Gasteiger partial charge in [-0.05, 0) is 12.1 Å². The summed E-state index contributed by atoms with van der Waals surface area (Å²) in [5.74, 6) is 0.615. The molecule has 126 valence electrons. The van der Waals surface area contributed by atoms with E-state index >= 15 is 0 Å². The molecular weight excluding hydrogens is 335 g/mol. The molecule has 6 nitrogen and oxygen atoms in total. The van der Waals surface area contributed by atoms with Crippen LogP contribution in [0.2, 0.25) is 10.0 Å². The van der Waals surface area contributed by atoms with Gasteiger partial charge < -0.3 is 28.4 Å². The Labute approximate surface area is 140 Å². The van der Waals surface area contributed by atoms with Crippen LogP contribution in [-0.2, 0) is 18.9 Å². The Morgan fingerprint density at radius 1 is 0.727 bits per heavy atom. The molecule has 1 aromatic carbocycles. The van der Waals surface area contributed by atoms with Crippen molar-refractivity contribution < 1.29 is 28.4 Å². The molecule has 0 amide bonds. The van der Waals surface area contributed by atoms with Gasteiger partial charge in [0, 0.05) is 14.2 Å². The fourth-order valence-electron chi connectivity index (χ4n) is 1.39. The fraction of sp³-hybridized carbons (Fsp3) is 0.571. The van der Waals surface area contributed by atoms with Crippen LogP contribution in [0.15, 0.2) is 12.1 Å². The van der Waals surface area contributed by atoms with Crippen molar-refractivity contribution in [2.75, 3.05) is 54.2 Å². The van der Waals surface area contributed by atoms with Crippen molar-refractivity contribution in [3.05, 3.63) is 22.2 Å². The molecule has 0 saturated carbocycles. The zero-order valence-electron chi connectivity index (χ0n) is 12.6. The van der Waals surface area contributed by atoms with Gasteiger partial charge in [-0.15, -0.1) is 0 Å². The Bertz CT molecular complexity index is 391. The van der Waals surface area contributed by atoms with Gasteiger partial charge in [-0.25, -0.2) is 0 Å². The fourth-order valence-corrected chi connectivity index (χ4v) is 1.79. The van der Waals surface area contributed by atoms with Crippen LogP contribution < -0.4 is 9.47 Å². The van der Waals surface area contributed by atoms with Gasteiger partial charge in [0.15, 0.2) is 25.1 Å². The summed E-state index contributed by atoms with van der Waals surface area (Å²) < 4.78 is 31.1. The molecule has 1 rings (SSSR count). The number of hydrogen-bond acceptors (Lipinski definition) is 6. The number of methoxy groups -OCH3 is 2. The van der Waals surface area contributed by atoms with E-state index in [2.05, 4.69) is 0 Å². The quantitative estimate of drug-likeness (QED) is 0.424. The Hall–Kier alpha value is -0.760. The molecule has 0 aliphatic rings. The Kier molecular flexibility index (Phi) is 10.3. The minimum Gasteiger partial charge on any atom is -0.462 e. The van der Waals surface area contributed by atoms with Crippen LogP contribution in [0.3, 0.4) is 0 Å². The maximum absolute atomic E-state index is 6.10. The highest BCUT2D eigenvalue weighted by Crippen LogP contribution is 2.40. The molecule has 0 atom stereocenters. The summed E-state index contributed by atoms with van der Waals surface area (Å²) in [6, 6.07) is 3.24. The average Bonchev–Trinajstić information content (AvgIpc) is 2.52. The molecule has 0 spiro atoms. The van der Waals surface area contributed by atoms with E-state index in [0.717, 1.165) is 0 Å². The summed E-state index contributed by atoms with van der Waals surface area (Å²) in [6.45, 7) is 1.78. The van der Waals surface area contributed by atoms with Crippen molar-refractivity contribution in [3.8, 4) is 11.5 Å². The van der Waals surface area contributed by atoms with Crippen molar-refractivity contribution in [1.29, 1.82) is 0 Å². The molecule has 0 fully saturated rings. The third-order valence-electron chi connectivity index (χ3n) is 2.45. The van der Waals surface area contributed by atoms with Crippen LogP contribution in [-0.4, -0.2) is 54.2 Å². The van der Waals surface area contributed by atoms with E-state index in [0.29, 0.717) is 48.0 Å². The summed E-state index contributed by atoms with van der Waals surface area (Å²) >= 11 is 12.2. The van der Waals surface area contributed by atoms with Crippen LogP contribution in [0.1, 0.15) is 0 Å². The number of ether oxygens (including phenoxy) is 6. The van der Waals surface area contributed by atoms with Crippen LogP contribution in [0.4, 0.5) is 0 Å². The third kappa shape index (κ3) is 7.00. The molecule has 0 unspecified atom stereocenters. The van der Waals surface area contributed by atoms with E-state index in [-0.39, 0.29) is 13.6 Å². The van der Waals surface area contributed by atoms with Crippen molar-refractivity contribution >= 4 is 23.2 Å². The lowest BCUT2D eigenvalue weighted by Crippen LogP contribution is -2.11. The lowest BCUT2D eigenvalue weighted by atomic mass is 10.3. The molecule has 1 aromatic rings. The molecule has 0 aromatic heterocycles. The first-order chi connectivity index (χ1) is 10.7. The minimum atomic E-state index is 0.00428. The van der Waals surface area contributed by atoms with Crippen molar-refractivity contribution in [2.24, 2.45) is 0 Å². The molecule has 8 heteroatoms. The van der Waals surface area contributed by atoms with Crippen molar-refractivity contribution in [3.63, 3.8) is 0 Å². The van der Waals surface area contributed by atoms with Crippen LogP contribution in [0, 0.1) is 0 Å². The molecular formula is C14H20Cl2O6.